The van der Waals surface area contributed by atoms with Crippen molar-refractivity contribution in [2.24, 2.45) is 0 Å². The second-order valence-corrected chi connectivity index (χ2v) is 3.79. The van der Waals surface area contributed by atoms with Crippen LogP contribution in [0.4, 0.5) is 4.39 Å². The Morgan fingerprint density at radius 2 is 2.25 bits per heavy atom. The van der Waals surface area contributed by atoms with Gasteiger partial charge in [0.15, 0.2) is 0 Å². The number of carbonyl (C=O) groups is 1. The summed E-state index contributed by atoms with van der Waals surface area (Å²) >= 11 is 0. The van der Waals surface area contributed by atoms with Crippen molar-refractivity contribution in [2.75, 3.05) is 13.6 Å². The molecule has 0 fully saturated rings. The van der Waals surface area contributed by atoms with Gasteiger partial charge in [-0.2, -0.15) is 0 Å². The Morgan fingerprint density at radius 1 is 1.56 bits per heavy atom. The molecule has 1 aromatic carbocycles. The highest BCUT2D eigenvalue weighted by Crippen LogP contribution is 2.21. The maximum Gasteiger partial charge on any atom is 0.311 e. The number of hydrogen-bond donors (Lipinski definition) is 2. The molecule has 1 aromatic rings. The number of carboxylic acids is 1. The number of halogens is 1. The van der Waals surface area contributed by atoms with Gasteiger partial charge in [-0.05, 0) is 44.1 Å². The summed E-state index contributed by atoms with van der Waals surface area (Å²) in [4.78, 5) is 11.1. The number of benzene rings is 1. The van der Waals surface area contributed by atoms with Crippen molar-refractivity contribution in [3.63, 3.8) is 0 Å². The fourth-order valence-corrected chi connectivity index (χ4v) is 1.61. The van der Waals surface area contributed by atoms with Crippen LogP contribution in [0.2, 0.25) is 0 Å². The van der Waals surface area contributed by atoms with E-state index in [0.29, 0.717) is 24.1 Å². The molecule has 16 heavy (non-hydrogen) atoms. The molecule has 0 saturated carbocycles. The fourth-order valence-electron chi connectivity index (χ4n) is 1.61. The Balaban J connectivity index is 2.92. The van der Waals surface area contributed by atoms with Crippen LogP contribution in [0.25, 0.3) is 0 Å². The summed E-state index contributed by atoms with van der Waals surface area (Å²) in [5.41, 5.74) is 1.13. The largest absolute Gasteiger partial charge is 0.481 e. The van der Waals surface area contributed by atoms with Gasteiger partial charge in [-0.15, -0.1) is 0 Å². The second kappa shape index (κ2) is 5.61. The molecule has 3 nitrogen and oxygen atoms in total. The van der Waals surface area contributed by atoms with E-state index < -0.39 is 11.9 Å². The molecule has 0 aliphatic rings. The Bertz CT molecular complexity index is 379. The van der Waals surface area contributed by atoms with Gasteiger partial charge < -0.3 is 10.4 Å². The summed E-state index contributed by atoms with van der Waals surface area (Å²) in [6, 6.07) is 4.46. The minimum absolute atomic E-state index is 0.304. The van der Waals surface area contributed by atoms with E-state index in [4.69, 9.17) is 5.11 Å². The molecule has 0 aromatic heterocycles. The summed E-state index contributed by atoms with van der Waals surface area (Å²) in [5, 5.41) is 12.0. The summed E-state index contributed by atoms with van der Waals surface area (Å²) in [6.07, 6.45) is 0.497. The Kier molecular flexibility index (Phi) is 4.43. The van der Waals surface area contributed by atoms with Gasteiger partial charge in [-0.1, -0.05) is 12.1 Å². The van der Waals surface area contributed by atoms with Crippen LogP contribution in [-0.2, 0) is 4.79 Å². The minimum Gasteiger partial charge on any atom is -0.481 e. The predicted octanol–water partition coefficient (Wildman–Crippen LogP) is 1.91. The first kappa shape index (κ1) is 12.6. The fraction of sp³-hybridized carbons (Fsp3) is 0.417. The van der Waals surface area contributed by atoms with Gasteiger partial charge in [0.2, 0.25) is 0 Å². The highest BCUT2D eigenvalue weighted by Gasteiger charge is 2.19. The van der Waals surface area contributed by atoms with Crippen molar-refractivity contribution < 1.29 is 14.3 Å². The van der Waals surface area contributed by atoms with Crippen molar-refractivity contribution in [1.29, 1.82) is 0 Å². The lowest BCUT2D eigenvalue weighted by molar-refractivity contribution is -0.138. The molecular weight excluding hydrogens is 209 g/mol. The zero-order valence-corrected chi connectivity index (χ0v) is 9.46. The van der Waals surface area contributed by atoms with Gasteiger partial charge >= 0.3 is 5.97 Å². The van der Waals surface area contributed by atoms with Crippen LogP contribution < -0.4 is 5.32 Å². The Hall–Kier alpha value is -1.42. The van der Waals surface area contributed by atoms with Crippen molar-refractivity contribution in [1.82, 2.24) is 5.32 Å². The first-order valence-corrected chi connectivity index (χ1v) is 5.19. The Morgan fingerprint density at radius 3 is 2.75 bits per heavy atom. The van der Waals surface area contributed by atoms with Gasteiger partial charge in [0, 0.05) is 0 Å². The number of aliphatic carboxylic acids is 1. The van der Waals surface area contributed by atoms with E-state index in [0.717, 1.165) is 0 Å². The lowest BCUT2D eigenvalue weighted by Crippen LogP contribution is -2.18. The number of nitrogens with one attached hydrogen (secondary N) is 1. The number of carboxylic acid groups (broad SMARTS) is 1. The van der Waals surface area contributed by atoms with Crippen LogP contribution in [0.5, 0.6) is 0 Å². The number of hydrogen-bond acceptors (Lipinski definition) is 2. The van der Waals surface area contributed by atoms with Crippen molar-refractivity contribution in [3.05, 3.63) is 35.1 Å². The van der Waals surface area contributed by atoms with E-state index in [1.807, 2.05) is 0 Å². The maximum atomic E-state index is 13.1. The molecule has 0 radical (unpaired) electrons. The second-order valence-electron chi connectivity index (χ2n) is 3.79. The minimum atomic E-state index is -0.874. The van der Waals surface area contributed by atoms with Gasteiger partial charge in [-0.3, -0.25) is 4.79 Å². The van der Waals surface area contributed by atoms with Gasteiger partial charge in [-0.25, -0.2) is 4.39 Å². The standard InChI is InChI=1S/C12H16FNO2/c1-8-7-9(3-4-11(8)13)10(12(15)16)5-6-14-2/h3-4,7,10,14H,5-6H2,1-2H3,(H,15,16). The molecule has 0 spiro atoms. The third kappa shape index (κ3) is 3.03. The molecule has 88 valence electrons. The smallest absolute Gasteiger partial charge is 0.311 e. The lowest BCUT2D eigenvalue weighted by atomic mass is 9.94. The SMILES string of the molecule is CNCCC(C(=O)O)c1ccc(F)c(C)c1. The average molecular weight is 225 g/mol. The molecule has 0 aliphatic carbocycles. The highest BCUT2D eigenvalue weighted by molar-refractivity contribution is 5.76. The molecular formula is C12H16FNO2. The third-order valence-electron chi connectivity index (χ3n) is 2.57. The van der Waals surface area contributed by atoms with Crippen LogP contribution in [-0.4, -0.2) is 24.7 Å². The summed E-state index contributed by atoms with van der Waals surface area (Å²) in [5.74, 6) is -1.76. The zero-order chi connectivity index (χ0) is 12.1. The van der Waals surface area contributed by atoms with E-state index in [2.05, 4.69) is 5.32 Å². The first-order valence-electron chi connectivity index (χ1n) is 5.19. The molecule has 0 saturated heterocycles. The van der Waals surface area contributed by atoms with Crippen LogP contribution in [0.1, 0.15) is 23.5 Å². The monoisotopic (exact) mass is 225 g/mol. The predicted molar refractivity (Wildman–Crippen MR) is 60.1 cm³/mol. The van der Waals surface area contributed by atoms with Crippen molar-refractivity contribution >= 4 is 5.97 Å². The zero-order valence-electron chi connectivity index (χ0n) is 9.46. The molecule has 4 heteroatoms. The lowest BCUT2D eigenvalue weighted by Gasteiger charge is -2.13. The van der Waals surface area contributed by atoms with Crippen molar-refractivity contribution in [3.8, 4) is 0 Å². The topological polar surface area (TPSA) is 49.3 Å². The van der Waals surface area contributed by atoms with E-state index in [-0.39, 0.29) is 5.82 Å². The number of aryl methyl sites for hydroxylation is 1. The quantitative estimate of drug-likeness (QED) is 0.804. The average Bonchev–Trinajstić information content (AvgIpc) is 2.23. The molecule has 0 amide bonds. The first-order chi connectivity index (χ1) is 7.56. The summed E-state index contributed by atoms with van der Waals surface area (Å²) in [7, 11) is 1.77. The van der Waals surface area contributed by atoms with E-state index in [9.17, 15) is 9.18 Å². The normalized spacial score (nSPS) is 12.4. The molecule has 1 atom stereocenters. The van der Waals surface area contributed by atoms with Crippen molar-refractivity contribution in [2.45, 2.75) is 19.3 Å². The molecule has 0 bridgehead atoms. The van der Waals surface area contributed by atoms with E-state index in [1.54, 1.807) is 20.0 Å². The Labute approximate surface area is 94.3 Å². The molecule has 0 aliphatic heterocycles. The van der Waals surface area contributed by atoms with Gasteiger partial charge in [0.25, 0.3) is 0 Å². The van der Waals surface area contributed by atoms with Gasteiger partial charge in [0.1, 0.15) is 5.82 Å². The van der Waals surface area contributed by atoms with E-state index >= 15 is 0 Å². The van der Waals surface area contributed by atoms with Gasteiger partial charge in [0.05, 0.1) is 5.92 Å². The summed E-state index contributed by atoms with van der Waals surface area (Å²) < 4.78 is 13.1. The van der Waals surface area contributed by atoms with Crippen LogP contribution in [0.3, 0.4) is 0 Å². The number of rotatable bonds is 5. The van der Waals surface area contributed by atoms with Crippen LogP contribution >= 0.6 is 0 Å². The third-order valence-corrected chi connectivity index (χ3v) is 2.57. The van der Waals surface area contributed by atoms with Crippen LogP contribution in [0, 0.1) is 12.7 Å². The van der Waals surface area contributed by atoms with E-state index in [1.165, 1.54) is 12.1 Å². The maximum absolute atomic E-state index is 13.1. The molecule has 1 unspecified atom stereocenters. The van der Waals surface area contributed by atoms with Crippen LogP contribution in [0.15, 0.2) is 18.2 Å². The molecule has 0 heterocycles. The summed E-state index contributed by atoms with van der Waals surface area (Å²) in [6.45, 7) is 2.25. The highest BCUT2D eigenvalue weighted by atomic mass is 19.1. The molecule has 1 rings (SSSR count). The molecule has 2 N–H and O–H groups in total.